The first-order chi connectivity index (χ1) is 12.7. The Morgan fingerprint density at radius 2 is 1.88 bits per heavy atom. The predicted molar refractivity (Wildman–Crippen MR) is 95.4 cm³/mol. The van der Waals surface area contributed by atoms with Gasteiger partial charge < -0.3 is 14.8 Å². The lowest BCUT2D eigenvalue weighted by molar-refractivity contribution is -0.128. The highest BCUT2D eigenvalue weighted by molar-refractivity contribution is 5.77. The van der Waals surface area contributed by atoms with Gasteiger partial charge in [0.1, 0.15) is 18.2 Å². The third kappa shape index (κ3) is 5.81. The Morgan fingerprint density at radius 1 is 1.12 bits per heavy atom. The average Bonchev–Trinajstić information content (AvgIpc) is 2.68. The number of rotatable bonds is 7. The Labute approximate surface area is 152 Å². The lowest BCUT2D eigenvalue weighted by Gasteiger charge is -2.21. The minimum Gasteiger partial charge on any atom is -0.439 e. The van der Waals surface area contributed by atoms with Crippen LogP contribution in [0, 0.1) is 5.82 Å². The number of aromatic nitrogens is 1. The zero-order valence-corrected chi connectivity index (χ0v) is 14.6. The van der Waals surface area contributed by atoms with Crippen molar-refractivity contribution in [3.8, 4) is 11.6 Å². The molecule has 138 valence electrons. The van der Waals surface area contributed by atoms with Crippen LogP contribution >= 0.6 is 0 Å². The molecule has 0 atom stereocenters. The maximum Gasteiger partial charge on any atom is 0.246 e. The molecule has 1 aliphatic rings. The molecule has 1 N–H and O–H groups in total. The molecule has 26 heavy (non-hydrogen) atoms. The summed E-state index contributed by atoms with van der Waals surface area (Å²) in [6.45, 7) is 0.487. The van der Waals surface area contributed by atoms with Crippen LogP contribution in [0.5, 0.6) is 11.6 Å². The predicted octanol–water partition coefficient (Wildman–Crippen LogP) is 3.98. The van der Waals surface area contributed by atoms with Gasteiger partial charge in [-0.05, 0) is 42.7 Å². The second-order valence-corrected chi connectivity index (χ2v) is 6.41. The highest BCUT2D eigenvalue weighted by atomic mass is 19.1. The summed E-state index contributed by atoms with van der Waals surface area (Å²) >= 11 is 0. The number of carbonyl (C=O) groups is 1. The number of benzene rings is 1. The SMILES string of the molecule is O=C(COC1CCCCC1)NCc1ccc(Oc2ccc(F)cc2)nc1. The van der Waals surface area contributed by atoms with Gasteiger partial charge in [-0.1, -0.05) is 25.3 Å². The topological polar surface area (TPSA) is 60.5 Å². The van der Waals surface area contributed by atoms with Crippen LogP contribution in [0.15, 0.2) is 42.6 Å². The standard InChI is InChI=1S/C20H23FN2O3/c21-16-7-9-18(10-8-16)26-20-11-6-15(13-23-20)12-22-19(24)14-25-17-4-2-1-3-5-17/h6-11,13,17H,1-5,12,14H2,(H,22,24). The molecule has 0 unspecified atom stereocenters. The molecule has 1 aromatic carbocycles. The van der Waals surface area contributed by atoms with E-state index in [-0.39, 0.29) is 24.4 Å². The number of nitrogens with one attached hydrogen (secondary N) is 1. The van der Waals surface area contributed by atoms with E-state index in [9.17, 15) is 9.18 Å². The van der Waals surface area contributed by atoms with Crippen molar-refractivity contribution in [3.63, 3.8) is 0 Å². The van der Waals surface area contributed by atoms with E-state index in [2.05, 4.69) is 10.3 Å². The molecule has 0 aliphatic heterocycles. The van der Waals surface area contributed by atoms with Crippen molar-refractivity contribution in [2.24, 2.45) is 0 Å². The zero-order valence-electron chi connectivity index (χ0n) is 14.6. The van der Waals surface area contributed by atoms with E-state index >= 15 is 0 Å². The van der Waals surface area contributed by atoms with Crippen LogP contribution in [-0.4, -0.2) is 23.6 Å². The highest BCUT2D eigenvalue weighted by Crippen LogP contribution is 2.20. The lowest BCUT2D eigenvalue weighted by Crippen LogP contribution is -2.30. The Balaban J connectivity index is 1.40. The van der Waals surface area contributed by atoms with Gasteiger partial charge in [0.05, 0.1) is 6.10 Å². The smallest absolute Gasteiger partial charge is 0.246 e. The monoisotopic (exact) mass is 358 g/mol. The fourth-order valence-corrected chi connectivity index (χ4v) is 2.88. The summed E-state index contributed by atoms with van der Waals surface area (Å²) in [6.07, 6.45) is 7.59. The van der Waals surface area contributed by atoms with E-state index in [4.69, 9.17) is 9.47 Å². The summed E-state index contributed by atoms with van der Waals surface area (Å²) in [7, 11) is 0. The van der Waals surface area contributed by atoms with E-state index in [1.807, 2.05) is 6.07 Å². The molecule has 1 heterocycles. The molecule has 5 nitrogen and oxygen atoms in total. The Morgan fingerprint density at radius 3 is 2.58 bits per heavy atom. The van der Waals surface area contributed by atoms with Gasteiger partial charge in [-0.15, -0.1) is 0 Å². The van der Waals surface area contributed by atoms with Crippen LogP contribution < -0.4 is 10.1 Å². The summed E-state index contributed by atoms with van der Waals surface area (Å²) < 4.78 is 24.1. The molecule has 1 fully saturated rings. The van der Waals surface area contributed by atoms with Crippen molar-refractivity contribution in [2.45, 2.75) is 44.8 Å². The molecule has 1 saturated carbocycles. The molecule has 0 saturated heterocycles. The minimum atomic E-state index is -0.316. The second kappa shape index (κ2) is 9.29. The summed E-state index contributed by atoms with van der Waals surface area (Å²) in [5.41, 5.74) is 0.863. The van der Waals surface area contributed by atoms with Gasteiger partial charge in [0, 0.05) is 18.8 Å². The molecule has 1 aliphatic carbocycles. The van der Waals surface area contributed by atoms with Crippen LogP contribution in [0.1, 0.15) is 37.7 Å². The van der Waals surface area contributed by atoms with Gasteiger partial charge in [0.15, 0.2) is 0 Å². The molecule has 0 bridgehead atoms. The Hall–Kier alpha value is -2.47. The number of carbonyl (C=O) groups excluding carboxylic acids is 1. The fraction of sp³-hybridized carbons (Fsp3) is 0.400. The first kappa shape index (κ1) is 18.3. The lowest BCUT2D eigenvalue weighted by atomic mass is 9.98. The molecule has 2 aromatic rings. The van der Waals surface area contributed by atoms with Crippen molar-refractivity contribution in [3.05, 3.63) is 54.0 Å². The van der Waals surface area contributed by atoms with Gasteiger partial charge >= 0.3 is 0 Å². The van der Waals surface area contributed by atoms with E-state index in [0.717, 1.165) is 18.4 Å². The van der Waals surface area contributed by atoms with Crippen molar-refractivity contribution >= 4 is 5.91 Å². The van der Waals surface area contributed by atoms with E-state index < -0.39 is 0 Å². The number of pyridine rings is 1. The van der Waals surface area contributed by atoms with E-state index in [1.54, 1.807) is 12.3 Å². The third-order valence-corrected chi connectivity index (χ3v) is 4.33. The van der Waals surface area contributed by atoms with E-state index in [0.29, 0.717) is 18.2 Å². The molecule has 1 aromatic heterocycles. The van der Waals surface area contributed by atoms with Crippen molar-refractivity contribution in [2.75, 3.05) is 6.61 Å². The van der Waals surface area contributed by atoms with Crippen molar-refractivity contribution < 1.29 is 18.7 Å². The van der Waals surface area contributed by atoms with Gasteiger partial charge in [-0.2, -0.15) is 0 Å². The van der Waals surface area contributed by atoms with Crippen LogP contribution in [0.2, 0.25) is 0 Å². The number of hydrogen-bond acceptors (Lipinski definition) is 4. The average molecular weight is 358 g/mol. The van der Waals surface area contributed by atoms with Gasteiger partial charge in [-0.25, -0.2) is 9.37 Å². The van der Waals surface area contributed by atoms with E-state index in [1.165, 1.54) is 43.5 Å². The first-order valence-corrected chi connectivity index (χ1v) is 8.96. The van der Waals surface area contributed by atoms with Gasteiger partial charge in [-0.3, -0.25) is 4.79 Å². The van der Waals surface area contributed by atoms with Gasteiger partial charge in [0.25, 0.3) is 0 Å². The van der Waals surface area contributed by atoms with Crippen LogP contribution in [0.25, 0.3) is 0 Å². The van der Waals surface area contributed by atoms with Crippen molar-refractivity contribution in [1.29, 1.82) is 0 Å². The summed E-state index contributed by atoms with van der Waals surface area (Å²) in [6, 6.07) is 9.27. The number of ether oxygens (including phenoxy) is 2. The van der Waals surface area contributed by atoms with Crippen LogP contribution in [0.3, 0.4) is 0 Å². The molecule has 0 radical (unpaired) electrons. The normalized spacial score (nSPS) is 14.8. The third-order valence-electron chi connectivity index (χ3n) is 4.33. The van der Waals surface area contributed by atoms with Crippen LogP contribution in [0.4, 0.5) is 4.39 Å². The maximum atomic E-state index is 12.9. The van der Waals surface area contributed by atoms with Crippen molar-refractivity contribution in [1.82, 2.24) is 10.3 Å². The van der Waals surface area contributed by atoms with Crippen LogP contribution in [-0.2, 0) is 16.1 Å². The largest absolute Gasteiger partial charge is 0.439 e. The quantitative estimate of drug-likeness (QED) is 0.813. The maximum absolute atomic E-state index is 12.9. The Bertz CT molecular complexity index is 698. The number of hydrogen-bond donors (Lipinski definition) is 1. The number of amides is 1. The second-order valence-electron chi connectivity index (χ2n) is 6.41. The molecular formula is C20H23FN2O3. The Kier molecular flexibility index (Phi) is 6.55. The molecule has 6 heteroatoms. The fourth-order valence-electron chi connectivity index (χ4n) is 2.88. The summed E-state index contributed by atoms with van der Waals surface area (Å²) in [4.78, 5) is 16.1. The number of halogens is 1. The number of nitrogens with zero attached hydrogens (tertiary/aromatic N) is 1. The first-order valence-electron chi connectivity index (χ1n) is 8.96. The molecule has 3 rings (SSSR count). The summed E-state index contributed by atoms with van der Waals surface area (Å²) in [5.74, 6) is 0.484. The molecule has 1 amide bonds. The highest BCUT2D eigenvalue weighted by Gasteiger charge is 2.15. The summed E-state index contributed by atoms with van der Waals surface area (Å²) in [5, 5.41) is 2.83. The zero-order chi connectivity index (χ0) is 18.2. The molecular weight excluding hydrogens is 335 g/mol. The van der Waals surface area contributed by atoms with Gasteiger partial charge in [0.2, 0.25) is 11.8 Å². The molecule has 0 spiro atoms. The minimum absolute atomic E-state index is 0.101.